The van der Waals surface area contributed by atoms with Crippen LogP contribution >= 0.6 is 0 Å². The molecule has 2 fully saturated rings. The second-order valence-electron chi connectivity index (χ2n) is 8.63. The van der Waals surface area contributed by atoms with Crippen LogP contribution in [0.2, 0.25) is 0 Å². The predicted molar refractivity (Wildman–Crippen MR) is 113 cm³/mol. The quantitative estimate of drug-likeness (QED) is 0.779. The molecule has 9 nitrogen and oxygen atoms in total. The van der Waals surface area contributed by atoms with E-state index in [1.165, 1.54) is 17.9 Å². The molecule has 1 unspecified atom stereocenters. The molecule has 31 heavy (non-hydrogen) atoms. The first kappa shape index (κ1) is 22.6. The molecule has 2 heterocycles. The van der Waals surface area contributed by atoms with Crippen LogP contribution in [0.1, 0.15) is 27.7 Å². The van der Waals surface area contributed by atoms with Gasteiger partial charge >= 0.3 is 12.2 Å². The van der Waals surface area contributed by atoms with Gasteiger partial charge in [0, 0.05) is 33.1 Å². The van der Waals surface area contributed by atoms with Crippen LogP contribution in [0.15, 0.2) is 18.2 Å². The highest BCUT2D eigenvalue weighted by atomic mass is 19.1. The third kappa shape index (κ3) is 5.77. The van der Waals surface area contributed by atoms with Gasteiger partial charge in [0.25, 0.3) is 0 Å². The van der Waals surface area contributed by atoms with Crippen LogP contribution in [0.25, 0.3) is 0 Å². The summed E-state index contributed by atoms with van der Waals surface area (Å²) >= 11 is 0. The Hall–Kier alpha value is -3.04. The number of halogens is 1. The smallest absolute Gasteiger partial charge is 0.414 e. The van der Waals surface area contributed by atoms with Gasteiger partial charge in [0.2, 0.25) is 5.91 Å². The largest absolute Gasteiger partial charge is 0.444 e. The molecule has 1 atom stereocenters. The zero-order valence-corrected chi connectivity index (χ0v) is 18.3. The van der Waals surface area contributed by atoms with Crippen molar-refractivity contribution in [3.63, 3.8) is 0 Å². The minimum atomic E-state index is -0.625. The molecule has 10 heteroatoms. The van der Waals surface area contributed by atoms with E-state index in [-0.39, 0.29) is 19.0 Å². The van der Waals surface area contributed by atoms with Gasteiger partial charge in [-0.25, -0.2) is 14.0 Å². The molecule has 0 aliphatic carbocycles. The predicted octanol–water partition coefficient (Wildman–Crippen LogP) is 2.34. The highest BCUT2D eigenvalue weighted by molar-refractivity contribution is 5.90. The third-order valence-electron chi connectivity index (χ3n) is 5.06. The van der Waals surface area contributed by atoms with Crippen molar-refractivity contribution in [2.24, 2.45) is 0 Å². The lowest BCUT2D eigenvalue weighted by atomic mass is 10.2. The van der Waals surface area contributed by atoms with E-state index < -0.39 is 29.7 Å². The molecular formula is C21H29FN4O5. The molecule has 170 valence electrons. The summed E-state index contributed by atoms with van der Waals surface area (Å²) in [6, 6.07) is 4.60. The number of nitrogens with one attached hydrogen (secondary N) is 1. The zero-order valence-electron chi connectivity index (χ0n) is 18.3. The molecule has 1 aromatic rings. The van der Waals surface area contributed by atoms with Gasteiger partial charge in [0.15, 0.2) is 0 Å². The fourth-order valence-electron chi connectivity index (χ4n) is 3.53. The van der Waals surface area contributed by atoms with E-state index in [1.807, 2.05) is 4.90 Å². The van der Waals surface area contributed by atoms with Crippen molar-refractivity contribution >= 4 is 29.5 Å². The lowest BCUT2D eigenvalue weighted by Gasteiger charge is -2.35. The van der Waals surface area contributed by atoms with Gasteiger partial charge in [-0.1, -0.05) is 0 Å². The van der Waals surface area contributed by atoms with E-state index in [0.717, 1.165) is 0 Å². The van der Waals surface area contributed by atoms with Crippen LogP contribution in [0.5, 0.6) is 0 Å². The molecule has 0 aromatic heterocycles. The molecule has 1 N–H and O–H groups in total. The second-order valence-corrected chi connectivity index (χ2v) is 8.63. The van der Waals surface area contributed by atoms with E-state index in [1.54, 1.807) is 37.8 Å². The number of anilines is 2. The van der Waals surface area contributed by atoms with E-state index in [9.17, 15) is 18.8 Å². The number of hydrogen-bond acceptors (Lipinski definition) is 6. The molecule has 3 amide bonds. The van der Waals surface area contributed by atoms with Gasteiger partial charge in [-0.2, -0.15) is 0 Å². The highest BCUT2D eigenvalue weighted by Gasteiger charge is 2.33. The number of ether oxygens (including phenoxy) is 2. The average Bonchev–Trinajstić information content (AvgIpc) is 3.06. The van der Waals surface area contributed by atoms with Gasteiger partial charge in [0.05, 0.1) is 24.5 Å². The molecular weight excluding hydrogens is 407 g/mol. The fourth-order valence-corrected chi connectivity index (χ4v) is 3.53. The SMILES string of the molecule is CC(=O)N1CCN(c2ccc(N3CC(CNC(=O)OC(C)(C)C)OC3=O)cc2F)CC1. The molecule has 0 saturated carbocycles. The lowest BCUT2D eigenvalue weighted by Crippen LogP contribution is -2.48. The highest BCUT2D eigenvalue weighted by Crippen LogP contribution is 2.28. The summed E-state index contributed by atoms with van der Waals surface area (Å²) in [6.45, 7) is 9.24. The molecule has 2 aliphatic heterocycles. The summed E-state index contributed by atoms with van der Waals surface area (Å²) in [5, 5.41) is 2.57. The van der Waals surface area contributed by atoms with Crippen LogP contribution in [-0.4, -0.2) is 74.0 Å². The van der Waals surface area contributed by atoms with E-state index in [0.29, 0.717) is 37.6 Å². The standard InChI is InChI=1S/C21H29FN4O5/c1-14(27)24-7-9-25(10-8-24)18-6-5-15(11-17(18)22)26-13-16(30-20(26)29)12-23-19(28)31-21(2,3)4/h5-6,11,16H,7-10,12-13H2,1-4H3,(H,23,28). The number of piperazine rings is 1. The van der Waals surface area contributed by atoms with Gasteiger partial charge < -0.3 is 24.6 Å². The van der Waals surface area contributed by atoms with Crippen LogP contribution in [0.3, 0.4) is 0 Å². The second kappa shape index (κ2) is 8.99. The third-order valence-corrected chi connectivity index (χ3v) is 5.06. The van der Waals surface area contributed by atoms with Crippen molar-refractivity contribution in [2.75, 3.05) is 49.1 Å². The summed E-state index contributed by atoms with van der Waals surface area (Å²) in [4.78, 5) is 40.4. The Kier molecular flexibility index (Phi) is 6.56. The first-order valence-electron chi connectivity index (χ1n) is 10.3. The first-order chi connectivity index (χ1) is 14.5. The van der Waals surface area contributed by atoms with Crippen molar-refractivity contribution in [2.45, 2.75) is 39.4 Å². The number of hydrogen-bond donors (Lipinski definition) is 1. The fraction of sp³-hybridized carbons (Fsp3) is 0.571. The average molecular weight is 436 g/mol. The van der Waals surface area contributed by atoms with Crippen LogP contribution in [0.4, 0.5) is 25.4 Å². The van der Waals surface area contributed by atoms with E-state index >= 15 is 0 Å². The molecule has 0 radical (unpaired) electrons. The summed E-state index contributed by atoms with van der Waals surface area (Å²) in [7, 11) is 0. The normalized spacial score (nSPS) is 19.3. The number of nitrogens with zero attached hydrogens (tertiary/aromatic N) is 3. The van der Waals surface area contributed by atoms with Gasteiger partial charge in [-0.05, 0) is 39.0 Å². The monoisotopic (exact) mass is 436 g/mol. The number of amides is 3. The summed E-state index contributed by atoms with van der Waals surface area (Å²) in [6.07, 6.45) is -1.76. The Morgan fingerprint density at radius 3 is 2.48 bits per heavy atom. The van der Waals surface area contributed by atoms with Crippen LogP contribution in [0, 0.1) is 5.82 Å². The minimum Gasteiger partial charge on any atom is -0.444 e. The Labute approximate surface area is 181 Å². The maximum atomic E-state index is 14.8. The van der Waals surface area contributed by atoms with E-state index in [2.05, 4.69) is 5.32 Å². The molecule has 1 aromatic carbocycles. The Balaban J connectivity index is 1.58. The minimum absolute atomic E-state index is 0.0127. The summed E-state index contributed by atoms with van der Waals surface area (Å²) in [5.74, 6) is -0.435. The van der Waals surface area contributed by atoms with Crippen molar-refractivity contribution in [3.05, 3.63) is 24.0 Å². The molecule has 0 bridgehead atoms. The Bertz CT molecular complexity index is 849. The van der Waals surface area contributed by atoms with Gasteiger partial charge in [-0.15, -0.1) is 0 Å². The maximum Gasteiger partial charge on any atom is 0.414 e. The zero-order chi connectivity index (χ0) is 22.8. The van der Waals surface area contributed by atoms with Crippen LogP contribution in [-0.2, 0) is 14.3 Å². The van der Waals surface area contributed by atoms with Crippen molar-refractivity contribution in [1.29, 1.82) is 0 Å². The number of rotatable bonds is 4. The number of alkyl carbamates (subject to hydrolysis) is 1. The van der Waals surface area contributed by atoms with Gasteiger partial charge in [-0.3, -0.25) is 9.69 Å². The Morgan fingerprint density at radius 1 is 1.23 bits per heavy atom. The maximum absolute atomic E-state index is 14.8. The first-order valence-corrected chi connectivity index (χ1v) is 10.3. The van der Waals surface area contributed by atoms with Crippen molar-refractivity contribution in [3.8, 4) is 0 Å². The molecule has 3 rings (SSSR count). The van der Waals surface area contributed by atoms with Crippen molar-refractivity contribution < 1.29 is 28.2 Å². The van der Waals surface area contributed by atoms with E-state index in [4.69, 9.17) is 9.47 Å². The lowest BCUT2D eigenvalue weighted by molar-refractivity contribution is -0.129. The summed E-state index contributed by atoms with van der Waals surface area (Å²) in [5.41, 5.74) is 0.191. The van der Waals surface area contributed by atoms with Crippen LogP contribution < -0.4 is 15.1 Å². The number of carbonyl (C=O) groups is 3. The van der Waals surface area contributed by atoms with Crippen molar-refractivity contribution in [1.82, 2.24) is 10.2 Å². The molecule has 2 saturated heterocycles. The number of cyclic esters (lactones) is 1. The summed E-state index contributed by atoms with van der Waals surface area (Å²) < 4.78 is 25.2. The Morgan fingerprint density at radius 2 is 1.90 bits per heavy atom. The number of benzene rings is 1. The number of carbonyl (C=O) groups excluding carboxylic acids is 3. The molecule has 2 aliphatic rings. The van der Waals surface area contributed by atoms with Gasteiger partial charge in [0.1, 0.15) is 17.5 Å². The topological polar surface area (TPSA) is 91.4 Å². The molecule has 0 spiro atoms.